The Hall–Kier alpha value is -1.14. The maximum absolute atomic E-state index is 12.7. The Balaban J connectivity index is 2.48. The molecular weight excluding hydrogens is 297 g/mol. The van der Waals surface area contributed by atoms with Crippen molar-refractivity contribution in [3.8, 4) is 5.69 Å². The minimum atomic E-state index is -4.44. The van der Waals surface area contributed by atoms with Crippen molar-refractivity contribution in [1.82, 2.24) is 9.78 Å². The summed E-state index contributed by atoms with van der Waals surface area (Å²) in [5, 5.41) is 4.16. The lowest BCUT2D eigenvalue weighted by Crippen LogP contribution is -2.07. The van der Waals surface area contributed by atoms with Gasteiger partial charge < -0.3 is 0 Å². The first kappa shape index (κ1) is 14.3. The van der Waals surface area contributed by atoms with Crippen LogP contribution >= 0.6 is 23.4 Å². The van der Waals surface area contributed by atoms with Crippen molar-refractivity contribution in [1.29, 1.82) is 0 Å². The lowest BCUT2D eigenvalue weighted by atomic mass is 10.3. The van der Waals surface area contributed by atoms with Gasteiger partial charge in [-0.15, -0.1) is 0 Å². The van der Waals surface area contributed by atoms with E-state index in [9.17, 15) is 13.2 Å². The van der Waals surface area contributed by atoms with E-state index in [0.29, 0.717) is 22.2 Å². The van der Waals surface area contributed by atoms with Crippen LogP contribution in [0.5, 0.6) is 0 Å². The van der Waals surface area contributed by atoms with E-state index < -0.39 is 11.9 Å². The Kier molecular flexibility index (Phi) is 4.10. The molecule has 19 heavy (non-hydrogen) atoms. The predicted octanol–water partition coefficient (Wildman–Crippen LogP) is 4.41. The van der Waals surface area contributed by atoms with Crippen LogP contribution in [0.3, 0.4) is 0 Å². The molecule has 0 radical (unpaired) electrons. The third-order valence-electron chi connectivity index (χ3n) is 2.44. The van der Waals surface area contributed by atoms with Crippen LogP contribution in [0.25, 0.3) is 5.69 Å². The molecule has 1 aromatic carbocycles. The highest BCUT2D eigenvalue weighted by molar-refractivity contribution is 7.97. The standard InChI is InChI=1S/C12H10ClF3N2S/c1-19-7-10-6-11(12(14,15)16)17-18(10)9-4-2-8(13)3-5-9/h2-6H,7H2,1H3. The molecule has 0 atom stereocenters. The van der Waals surface area contributed by atoms with E-state index in [-0.39, 0.29) is 0 Å². The van der Waals surface area contributed by atoms with Crippen molar-refractivity contribution in [2.75, 3.05) is 6.26 Å². The summed E-state index contributed by atoms with van der Waals surface area (Å²) in [4.78, 5) is 0. The van der Waals surface area contributed by atoms with E-state index in [1.54, 1.807) is 24.3 Å². The molecule has 0 unspecified atom stereocenters. The Morgan fingerprint density at radius 2 is 1.89 bits per heavy atom. The predicted molar refractivity (Wildman–Crippen MR) is 70.8 cm³/mol. The highest BCUT2D eigenvalue weighted by Crippen LogP contribution is 2.30. The van der Waals surface area contributed by atoms with Gasteiger partial charge in [0.1, 0.15) is 0 Å². The Bertz CT molecular complexity index is 563. The van der Waals surface area contributed by atoms with Gasteiger partial charge in [0.15, 0.2) is 5.69 Å². The van der Waals surface area contributed by atoms with Crippen molar-refractivity contribution in [2.45, 2.75) is 11.9 Å². The molecule has 2 aromatic rings. The van der Waals surface area contributed by atoms with Gasteiger partial charge in [-0.25, -0.2) is 4.68 Å². The Morgan fingerprint density at radius 1 is 1.26 bits per heavy atom. The minimum absolute atomic E-state index is 0.450. The Labute approximate surface area is 117 Å². The van der Waals surface area contributed by atoms with Crippen LogP contribution in [0.4, 0.5) is 13.2 Å². The average Bonchev–Trinajstić information content (AvgIpc) is 2.74. The van der Waals surface area contributed by atoms with Gasteiger partial charge in [-0.2, -0.15) is 30.0 Å². The van der Waals surface area contributed by atoms with Crippen molar-refractivity contribution in [3.63, 3.8) is 0 Å². The number of halogens is 4. The van der Waals surface area contributed by atoms with Crippen molar-refractivity contribution < 1.29 is 13.2 Å². The van der Waals surface area contributed by atoms with E-state index in [0.717, 1.165) is 6.07 Å². The number of aromatic nitrogens is 2. The molecule has 0 aliphatic rings. The fraction of sp³-hybridized carbons (Fsp3) is 0.250. The van der Waals surface area contributed by atoms with Gasteiger partial charge in [0.2, 0.25) is 0 Å². The lowest BCUT2D eigenvalue weighted by molar-refractivity contribution is -0.141. The monoisotopic (exact) mass is 306 g/mol. The summed E-state index contributed by atoms with van der Waals surface area (Å²) < 4.78 is 39.4. The SMILES string of the molecule is CSCc1cc(C(F)(F)F)nn1-c1ccc(Cl)cc1. The largest absolute Gasteiger partial charge is 0.435 e. The number of alkyl halides is 3. The summed E-state index contributed by atoms with van der Waals surface area (Å²) in [5.41, 5.74) is 0.178. The molecular formula is C12H10ClF3N2S. The molecule has 0 fully saturated rings. The fourth-order valence-corrected chi connectivity index (χ4v) is 2.24. The third-order valence-corrected chi connectivity index (χ3v) is 3.27. The number of nitrogens with zero attached hydrogens (tertiary/aromatic N) is 2. The van der Waals surface area contributed by atoms with Crippen LogP contribution in [0.2, 0.25) is 5.02 Å². The van der Waals surface area contributed by atoms with Crippen LogP contribution in [0, 0.1) is 0 Å². The summed E-state index contributed by atoms with van der Waals surface area (Å²) in [6.45, 7) is 0. The second-order valence-corrected chi connectivity index (χ2v) is 5.14. The van der Waals surface area contributed by atoms with Gasteiger partial charge in [-0.1, -0.05) is 11.6 Å². The van der Waals surface area contributed by atoms with Gasteiger partial charge in [-0.05, 0) is 36.6 Å². The summed E-state index contributed by atoms with van der Waals surface area (Å²) in [7, 11) is 0. The molecule has 2 nitrogen and oxygen atoms in total. The zero-order chi connectivity index (χ0) is 14.0. The van der Waals surface area contributed by atoms with E-state index in [2.05, 4.69) is 5.10 Å². The van der Waals surface area contributed by atoms with Gasteiger partial charge in [0.25, 0.3) is 0 Å². The summed E-state index contributed by atoms with van der Waals surface area (Å²) >= 11 is 7.20. The molecule has 102 valence electrons. The number of hydrogen-bond acceptors (Lipinski definition) is 2. The molecule has 0 amide bonds. The van der Waals surface area contributed by atoms with Crippen LogP contribution < -0.4 is 0 Å². The third kappa shape index (κ3) is 3.25. The maximum Gasteiger partial charge on any atom is 0.435 e. The molecule has 0 saturated carbocycles. The summed E-state index contributed by atoms with van der Waals surface area (Å²) in [5.74, 6) is 0.450. The molecule has 1 aromatic heterocycles. The highest BCUT2D eigenvalue weighted by atomic mass is 35.5. The van der Waals surface area contributed by atoms with E-state index >= 15 is 0 Å². The van der Waals surface area contributed by atoms with Crippen LogP contribution in [-0.4, -0.2) is 16.0 Å². The van der Waals surface area contributed by atoms with E-state index in [4.69, 9.17) is 11.6 Å². The first-order valence-corrected chi connectivity index (χ1v) is 7.10. The zero-order valence-electron chi connectivity index (χ0n) is 9.91. The molecule has 0 N–H and O–H groups in total. The quantitative estimate of drug-likeness (QED) is 0.836. The second-order valence-electron chi connectivity index (χ2n) is 3.84. The molecule has 0 saturated heterocycles. The average molecular weight is 307 g/mol. The Morgan fingerprint density at radius 3 is 2.42 bits per heavy atom. The van der Waals surface area contributed by atoms with Crippen molar-refractivity contribution >= 4 is 23.4 Å². The van der Waals surface area contributed by atoms with Crippen LogP contribution in [-0.2, 0) is 11.9 Å². The smallest absolute Gasteiger partial charge is 0.236 e. The first-order chi connectivity index (χ1) is 8.91. The fourth-order valence-electron chi connectivity index (χ4n) is 1.61. The van der Waals surface area contributed by atoms with Gasteiger partial charge in [0, 0.05) is 10.8 Å². The van der Waals surface area contributed by atoms with Crippen LogP contribution in [0.15, 0.2) is 30.3 Å². The first-order valence-electron chi connectivity index (χ1n) is 5.33. The topological polar surface area (TPSA) is 17.8 Å². The number of rotatable bonds is 3. The molecule has 0 aliphatic carbocycles. The molecule has 0 bridgehead atoms. The normalized spacial score (nSPS) is 11.8. The lowest BCUT2D eigenvalue weighted by Gasteiger charge is -2.06. The molecule has 2 rings (SSSR count). The molecule has 0 aliphatic heterocycles. The summed E-state index contributed by atoms with van der Waals surface area (Å²) in [6, 6.07) is 7.59. The maximum atomic E-state index is 12.7. The van der Waals surface area contributed by atoms with Gasteiger partial charge >= 0.3 is 6.18 Å². The molecule has 0 spiro atoms. The van der Waals surface area contributed by atoms with Gasteiger partial charge in [0.05, 0.1) is 11.4 Å². The van der Waals surface area contributed by atoms with E-state index in [1.807, 2.05) is 6.26 Å². The molecule has 1 heterocycles. The second kappa shape index (κ2) is 5.46. The number of hydrogen-bond donors (Lipinski definition) is 0. The zero-order valence-corrected chi connectivity index (χ0v) is 11.5. The molecule has 7 heteroatoms. The van der Waals surface area contributed by atoms with E-state index in [1.165, 1.54) is 16.4 Å². The van der Waals surface area contributed by atoms with Gasteiger partial charge in [-0.3, -0.25) is 0 Å². The summed E-state index contributed by atoms with van der Waals surface area (Å²) in [6.07, 6.45) is -2.61. The highest BCUT2D eigenvalue weighted by Gasteiger charge is 2.34. The van der Waals surface area contributed by atoms with Crippen LogP contribution in [0.1, 0.15) is 11.4 Å². The minimum Gasteiger partial charge on any atom is -0.236 e. The van der Waals surface area contributed by atoms with Crippen molar-refractivity contribution in [2.24, 2.45) is 0 Å². The van der Waals surface area contributed by atoms with Crippen molar-refractivity contribution in [3.05, 3.63) is 46.7 Å². The number of benzene rings is 1. The number of thioether (sulfide) groups is 1.